The van der Waals surface area contributed by atoms with Gasteiger partial charge in [-0.3, -0.25) is 4.79 Å². The molecule has 2 rings (SSSR count). The van der Waals surface area contributed by atoms with Crippen LogP contribution in [0.2, 0.25) is 0 Å². The van der Waals surface area contributed by atoms with Gasteiger partial charge in [-0.05, 0) is 49.3 Å². The maximum atomic E-state index is 12.0. The fourth-order valence-corrected chi connectivity index (χ4v) is 2.95. The van der Waals surface area contributed by atoms with Crippen LogP contribution in [0.25, 0.3) is 0 Å². The Hall–Kier alpha value is -1.00. The molecule has 2 atom stereocenters. The average Bonchev–Trinajstić information content (AvgIpc) is 2.76. The molecule has 1 amide bonds. The van der Waals surface area contributed by atoms with Crippen molar-refractivity contribution < 1.29 is 4.79 Å². The highest BCUT2D eigenvalue weighted by molar-refractivity contribution is 7.99. The van der Waals surface area contributed by atoms with Gasteiger partial charge in [0.2, 0.25) is 0 Å². The van der Waals surface area contributed by atoms with Gasteiger partial charge in [0.15, 0.2) is 0 Å². The summed E-state index contributed by atoms with van der Waals surface area (Å²) < 4.78 is 0. The van der Waals surface area contributed by atoms with E-state index in [-0.39, 0.29) is 18.0 Å². The van der Waals surface area contributed by atoms with Gasteiger partial charge in [0.25, 0.3) is 5.91 Å². The van der Waals surface area contributed by atoms with E-state index < -0.39 is 0 Å². The van der Waals surface area contributed by atoms with Crippen LogP contribution < -0.4 is 11.1 Å². The summed E-state index contributed by atoms with van der Waals surface area (Å²) in [6.45, 7) is 2.12. The standard InChI is InChI=1S/C14H20N2OS/c1-2-18-13-7-3-10(4-8-13)14(17)16-12-6-5-11(15)9-12/h3-4,7-8,11-12H,2,5-6,9,15H2,1H3,(H,16,17). The summed E-state index contributed by atoms with van der Waals surface area (Å²) >= 11 is 1.78. The molecule has 0 aromatic heterocycles. The molecule has 0 radical (unpaired) electrons. The Morgan fingerprint density at radius 3 is 2.67 bits per heavy atom. The molecule has 18 heavy (non-hydrogen) atoms. The molecule has 1 aromatic rings. The van der Waals surface area contributed by atoms with Crippen molar-refractivity contribution in [3.05, 3.63) is 29.8 Å². The summed E-state index contributed by atoms with van der Waals surface area (Å²) in [6.07, 6.45) is 2.91. The van der Waals surface area contributed by atoms with Gasteiger partial charge < -0.3 is 11.1 Å². The highest BCUT2D eigenvalue weighted by atomic mass is 32.2. The molecule has 0 heterocycles. The summed E-state index contributed by atoms with van der Waals surface area (Å²) in [5.74, 6) is 1.06. The van der Waals surface area contributed by atoms with Crippen molar-refractivity contribution in [2.24, 2.45) is 5.73 Å². The van der Waals surface area contributed by atoms with Gasteiger partial charge in [-0.15, -0.1) is 11.8 Å². The van der Waals surface area contributed by atoms with E-state index in [1.807, 2.05) is 24.3 Å². The first kappa shape index (κ1) is 13.4. The van der Waals surface area contributed by atoms with Crippen molar-refractivity contribution in [3.63, 3.8) is 0 Å². The van der Waals surface area contributed by atoms with E-state index in [1.165, 1.54) is 4.90 Å². The Morgan fingerprint density at radius 2 is 2.11 bits per heavy atom. The number of carbonyl (C=O) groups is 1. The van der Waals surface area contributed by atoms with Crippen molar-refractivity contribution in [2.75, 3.05) is 5.75 Å². The summed E-state index contributed by atoms with van der Waals surface area (Å²) in [5.41, 5.74) is 6.57. The summed E-state index contributed by atoms with van der Waals surface area (Å²) in [5, 5.41) is 3.05. The number of hydrogen-bond acceptors (Lipinski definition) is 3. The molecule has 3 N–H and O–H groups in total. The third kappa shape index (κ3) is 3.50. The zero-order valence-corrected chi connectivity index (χ0v) is 11.5. The monoisotopic (exact) mass is 264 g/mol. The minimum absolute atomic E-state index is 0.0159. The van der Waals surface area contributed by atoms with E-state index in [0.29, 0.717) is 0 Å². The molecule has 1 aliphatic carbocycles. The van der Waals surface area contributed by atoms with Crippen LogP contribution in [0.1, 0.15) is 36.5 Å². The molecule has 98 valence electrons. The number of nitrogens with two attached hydrogens (primary N) is 1. The fraction of sp³-hybridized carbons (Fsp3) is 0.500. The van der Waals surface area contributed by atoms with Crippen LogP contribution in [0.4, 0.5) is 0 Å². The lowest BCUT2D eigenvalue weighted by Gasteiger charge is -2.12. The molecule has 4 heteroatoms. The van der Waals surface area contributed by atoms with Gasteiger partial charge in [-0.25, -0.2) is 0 Å². The van der Waals surface area contributed by atoms with Crippen LogP contribution in [0.3, 0.4) is 0 Å². The van der Waals surface area contributed by atoms with Gasteiger partial charge in [0.1, 0.15) is 0 Å². The Morgan fingerprint density at radius 1 is 1.39 bits per heavy atom. The highest BCUT2D eigenvalue weighted by Gasteiger charge is 2.23. The number of hydrogen-bond donors (Lipinski definition) is 2. The Balaban J connectivity index is 1.92. The SMILES string of the molecule is CCSc1ccc(C(=O)NC2CCC(N)C2)cc1. The van der Waals surface area contributed by atoms with Crippen LogP contribution in [0.5, 0.6) is 0 Å². The Kier molecular flexibility index (Phi) is 4.66. The number of benzene rings is 1. The van der Waals surface area contributed by atoms with E-state index >= 15 is 0 Å². The van der Waals surface area contributed by atoms with Gasteiger partial charge in [0, 0.05) is 22.5 Å². The number of amides is 1. The van der Waals surface area contributed by atoms with Crippen LogP contribution in [-0.4, -0.2) is 23.7 Å². The van der Waals surface area contributed by atoms with Crippen molar-refractivity contribution in [2.45, 2.75) is 43.2 Å². The molecular weight excluding hydrogens is 244 g/mol. The molecule has 2 unspecified atom stereocenters. The third-order valence-corrected chi connectivity index (χ3v) is 4.13. The number of thioether (sulfide) groups is 1. The number of carbonyl (C=O) groups excluding carboxylic acids is 1. The lowest BCUT2D eigenvalue weighted by Crippen LogP contribution is -2.33. The van der Waals surface area contributed by atoms with Gasteiger partial charge in [0.05, 0.1) is 0 Å². The van der Waals surface area contributed by atoms with Crippen LogP contribution in [-0.2, 0) is 0 Å². The number of rotatable bonds is 4. The van der Waals surface area contributed by atoms with Crippen molar-refractivity contribution in [3.8, 4) is 0 Å². The van der Waals surface area contributed by atoms with Crippen LogP contribution in [0, 0.1) is 0 Å². The maximum Gasteiger partial charge on any atom is 0.251 e. The predicted molar refractivity (Wildman–Crippen MR) is 75.9 cm³/mol. The largest absolute Gasteiger partial charge is 0.349 e. The first-order valence-corrected chi connectivity index (χ1v) is 7.47. The molecule has 1 fully saturated rings. The van der Waals surface area contributed by atoms with Gasteiger partial charge in [-0.1, -0.05) is 6.92 Å². The quantitative estimate of drug-likeness (QED) is 0.821. The molecule has 1 aliphatic rings. The molecule has 0 saturated heterocycles. The zero-order valence-electron chi connectivity index (χ0n) is 10.7. The normalized spacial score (nSPS) is 23.0. The topological polar surface area (TPSA) is 55.1 Å². The summed E-state index contributed by atoms with van der Waals surface area (Å²) in [4.78, 5) is 13.2. The predicted octanol–water partition coefficient (Wildman–Crippen LogP) is 2.41. The first-order valence-electron chi connectivity index (χ1n) is 6.48. The van der Waals surface area contributed by atoms with Crippen molar-refractivity contribution >= 4 is 17.7 Å². The van der Waals surface area contributed by atoms with Crippen molar-refractivity contribution in [1.82, 2.24) is 5.32 Å². The van der Waals surface area contributed by atoms with E-state index in [9.17, 15) is 4.79 Å². The molecule has 1 aromatic carbocycles. The van der Waals surface area contributed by atoms with Crippen LogP contribution >= 0.6 is 11.8 Å². The fourth-order valence-electron chi connectivity index (χ4n) is 2.29. The first-order chi connectivity index (χ1) is 8.69. The van der Waals surface area contributed by atoms with Gasteiger partial charge in [-0.2, -0.15) is 0 Å². The lowest BCUT2D eigenvalue weighted by molar-refractivity contribution is 0.0937. The Bertz CT molecular complexity index is 405. The summed E-state index contributed by atoms with van der Waals surface area (Å²) in [6, 6.07) is 8.29. The second-order valence-electron chi connectivity index (χ2n) is 4.70. The number of nitrogens with one attached hydrogen (secondary N) is 1. The van der Waals surface area contributed by atoms with E-state index in [4.69, 9.17) is 5.73 Å². The second-order valence-corrected chi connectivity index (χ2v) is 6.04. The average molecular weight is 264 g/mol. The second kappa shape index (κ2) is 6.25. The highest BCUT2D eigenvalue weighted by Crippen LogP contribution is 2.19. The maximum absolute atomic E-state index is 12.0. The third-order valence-electron chi connectivity index (χ3n) is 3.24. The smallest absolute Gasteiger partial charge is 0.251 e. The minimum atomic E-state index is 0.0159. The van der Waals surface area contributed by atoms with E-state index in [0.717, 1.165) is 30.6 Å². The molecule has 3 nitrogen and oxygen atoms in total. The van der Waals surface area contributed by atoms with Crippen LogP contribution in [0.15, 0.2) is 29.2 Å². The van der Waals surface area contributed by atoms with E-state index in [2.05, 4.69) is 12.2 Å². The van der Waals surface area contributed by atoms with Crippen molar-refractivity contribution in [1.29, 1.82) is 0 Å². The zero-order chi connectivity index (χ0) is 13.0. The summed E-state index contributed by atoms with van der Waals surface area (Å²) in [7, 11) is 0. The van der Waals surface area contributed by atoms with E-state index in [1.54, 1.807) is 11.8 Å². The lowest BCUT2D eigenvalue weighted by atomic mass is 10.2. The molecule has 0 bridgehead atoms. The molecular formula is C14H20N2OS. The molecule has 0 aliphatic heterocycles. The van der Waals surface area contributed by atoms with Gasteiger partial charge >= 0.3 is 0 Å². The molecule has 0 spiro atoms. The molecule has 1 saturated carbocycles. The Labute approximate surface area is 113 Å². The minimum Gasteiger partial charge on any atom is -0.349 e.